The van der Waals surface area contributed by atoms with Crippen LogP contribution in [0.4, 0.5) is 13.2 Å². The lowest BCUT2D eigenvalue weighted by Crippen LogP contribution is -2.53. The van der Waals surface area contributed by atoms with Crippen LogP contribution in [-0.2, 0) is 4.74 Å². The summed E-state index contributed by atoms with van der Waals surface area (Å²) in [4.78, 5) is 32.7. The summed E-state index contributed by atoms with van der Waals surface area (Å²) >= 11 is 1.27. The number of nitrogens with zero attached hydrogens (tertiary/aromatic N) is 3. The fraction of sp³-hybridized carbons (Fsp3) is 0.500. The number of aliphatic hydroxyl groups is 1. The lowest BCUT2D eigenvalue weighted by atomic mass is 10.0. The smallest absolute Gasteiger partial charge is 0.377 e. The fourth-order valence-corrected chi connectivity index (χ4v) is 4.39. The molecule has 2 amide bonds. The normalized spacial score (nSPS) is 18.6. The number of hydrogen-bond donors (Lipinski definition) is 2. The van der Waals surface area contributed by atoms with Crippen LogP contribution in [0.1, 0.15) is 44.3 Å². The number of morpholine rings is 1. The molecule has 12 heteroatoms. The molecular formula is C22H27F3N4O4S. The van der Waals surface area contributed by atoms with Crippen molar-refractivity contribution in [1.29, 1.82) is 0 Å². The minimum Gasteiger partial charge on any atom is -0.377 e. The third-order valence-electron chi connectivity index (χ3n) is 5.87. The van der Waals surface area contributed by atoms with Gasteiger partial charge in [-0.2, -0.15) is 13.2 Å². The van der Waals surface area contributed by atoms with E-state index < -0.39 is 18.4 Å². The Balaban J connectivity index is 1.61. The number of nitrogens with one attached hydrogen (secondary N) is 1. The number of aryl methyl sites for hydroxylation is 1. The molecule has 3 atom stereocenters. The first-order valence-corrected chi connectivity index (χ1v) is 11.5. The second-order valence-corrected chi connectivity index (χ2v) is 8.94. The van der Waals surface area contributed by atoms with Crippen LogP contribution >= 0.6 is 11.3 Å². The molecule has 2 unspecified atom stereocenters. The minimum absolute atomic E-state index is 0.147. The Hall–Kier alpha value is -2.54. The van der Waals surface area contributed by atoms with E-state index in [1.165, 1.54) is 37.4 Å². The van der Waals surface area contributed by atoms with E-state index in [-0.39, 0.29) is 31.0 Å². The molecule has 1 aliphatic rings. The van der Waals surface area contributed by atoms with Gasteiger partial charge in [0.2, 0.25) is 6.23 Å². The number of hydrogen-bond acceptors (Lipinski definition) is 7. The zero-order chi connectivity index (χ0) is 25.0. The summed E-state index contributed by atoms with van der Waals surface area (Å²) in [5, 5.41) is 12.3. The quantitative estimate of drug-likeness (QED) is 0.568. The van der Waals surface area contributed by atoms with Gasteiger partial charge in [-0.15, -0.1) is 11.3 Å². The van der Waals surface area contributed by atoms with Crippen LogP contribution in [0.5, 0.6) is 0 Å². The maximum atomic E-state index is 12.9. The number of alkyl halides is 3. The lowest BCUT2D eigenvalue weighted by Gasteiger charge is -2.35. The van der Waals surface area contributed by atoms with Gasteiger partial charge in [-0.05, 0) is 38.6 Å². The molecule has 0 spiro atoms. The lowest BCUT2D eigenvalue weighted by molar-refractivity contribution is -0.251. The highest BCUT2D eigenvalue weighted by Gasteiger charge is 2.42. The highest BCUT2D eigenvalue weighted by Crippen LogP contribution is 2.28. The number of halogens is 3. The Morgan fingerprint density at radius 1 is 1.35 bits per heavy atom. The first-order valence-electron chi connectivity index (χ1n) is 10.6. The average molecular weight is 501 g/mol. The number of ether oxygens (including phenoxy) is 1. The van der Waals surface area contributed by atoms with E-state index >= 15 is 0 Å². The number of rotatable bonds is 7. The summed E-state index contributed by atoms with van der Waals surface area (Å²) in [6.07, 6.45) is -7.36. The Labute approximate surface area is 199 Å². The average Bonchev–Trinajstić information content (AvgIpc) is 3.26. The summed E-state index contributed by atoms with van der Waals surface area (Å²) in [6.45, 7) is 4.58. The third kappa shape index (κ3) is 5.93. The van der Waals surface area contributed by atoms with Gasteiger partial charge in [-0.25, -0.2) is 4.98 Å². The van der Waals surface area contributed by atoms with Crippen LogP contribution in [-0.4, -0.2) is 83.5 Å². The molecule has 1 fully saturated rings. The van der Waals surface area contributed by atoms with E-state index in [0.717, 1.165) is 4.90 Å². The zero-order valence-corrected chi connectivity index (χ0v) is 19.8. The van der Waals surface area contributed by atoms with E-state index in [1.807, 2.05) is 0 Å². The van der Waals surface area contributed by atoms with Crippen molar-refractivity contribution in [2.24, 2.45) is 0 Å². The number of benzene rings is 1. The van der Waals surface area contributed by atoms with Crippen molar-refractivity contribution < 1.29 is 32.6 Å². The van der Waals surface area contributed by atoms with E-state index in [0.29, 0.717) is 34.8 Å². The second kappa shape index (κ2) is 10.8. The summed E-state index contributed by atoms with van der Waals surface area (Å²) in [7, 11) is 1.18. The molecule has 0 aliphatic carbocycles. The molecule has 1 aliphatic heterocycles. The van der Waals surface area contributed by atoms with E-state index in [2.05, 4.69) is 10.3 Å². The molecule has 2 N–H and O–H groups in total. The number of aromatic nitrogens is 1. The van der Waals surface area contributed by atoms with Crippen molar-refractivity contribution in [3.05, 3.63) is 51.5 Å². The van der Waals surface area contributed by atoms with Gasteiger partial charge in [0.15, 0.2) is 0 Å². The fourth-order valence-electron chi connectivity index (χ4n) is 3.63. The van der Waals surface area contributed by atoms with E-state index in [9.17, 15) is 27.9 Å². The van der Waals surface area contributed by atoms with Crippen molar-refractivity contribution in [3.63, 3.8) is 0 Å². The molecule has 0 radical (unpaired) electrons. The summed E-state index contributed by atoms with van der Waals surface area (Å²) in [5.74, 6) is -0.527. The Kier molecular flexibility index (Phi) is 8.29. The molecule has 1 aromatic carbocycles. The standard InChI is InChI=1S/C22H27F3N4O4S/c1-13-18(34-12-27-13)20(31)29-8-9-33-11-17(29)10-26-19(30)16-6-4-15(5-7-16)14(2)28(3)21(32)22(23,24)25/h4-7,12,14,17,21,32H,8-11H2,1-3H3,(H,26,30)/t14?,17-,21?/m1/s1. The summed E-state index contributed by atoms with van der Waals surface area (Å²) in [6, 6.07) is 5.04. The molecule has 186 valence electrons. The number of carbonyl (C=O) groups excluding carboxylic acids is 2. The number of aliphatic hydroxyl groups excluding tert-OH is 1. The molecule has 34 heavy (non-hydrogen) atoms. The van der Waals surface area contributed by atoms with Crippen LogP contribution in [0, 0.1) is 6.92 Å². The predicted octanol–water partition coefficient (Wildman–Crippen LogP) is 2.60. The van der Waals surface area contributed by atoms with Crippen LogP contribution in [0.15, 0.2) is 29.8 Å². The maximum Gasteiger partial charge on any atom is 0.428 e. The number of carbonyl (C=O) groups is 2. The van der Waals surface area contributed by atoms with Crippen molar-refractivity contribution >= 4 is 23.2 Å². The molecular weight excluding hydrogens is 473 g/mol. The monoisotopic (exact) mass is 500 g/mol. The van der Waals surface area contributed by atoms with Gasteiger partial charge >= 0.3 is 6.18 Å². The van der Waals surface area contributed by atoms with Crippen LogP contribution in [0.2, 0.25) is 0 Å². The summed E-state index contributed by atoms with van der Waals surface area (Å²) in [5.41, 5.74) is 3.11. The molecule has 2 heterocycles. The van der Waals surface area contributed by atoms with Gasteiger partial charge < -0.3 is 20.1 Å². The van der Waals surface area contributed by atoms with Gasteiger partial charge in [0.05, 0.1) is 30.5 Å². The van der Waals surface area contributed by atoms with Gasteiger partial charge in [-0.3, -0.25) is 14.5 Å². The van der Waals surface area contributed by atoms with E-state index in [4.69, 9.17) is 4.74 Å². The highest BCUT2D eigenvalue weighted by atomic mass is 32.1. The highest BCUT2D eigenvalue weighted by molar-refractivity contribution is 7.11. The summed E-state index contributed by atoms with van der Waals surface area (Å²) < 4.78 is 43.8. The van der Waals surface area contributed by atoms with Crippen molar-refractivity contribution in [3.8, 4) is 0 Å². The largest absolute Gasteiger partial charge is 0.428 e. The first-order chi connectivity index (χ1) is 16.0. The number of thiazole rings is 1. The molecule has 1 saturated heterocycles. The minimum atomic E-state index is -4.76. The van der Waals surface area contributed by atoms with Gasteiger partial charge in [-0.1, -0.05) is 12.1 Å². The van der Waals surface area contributed by atoms with Crippen LogP contribution < -0.4 is 5.32 Å². The number of amides is 2. The van der Waals surface area contributed by atoms with Crippen LogP contribution in [0.3, 0.4) is 0 Å². The van der Waals surface area contributed by atoms with Gasteiger partial charge in [0.25, 0.3) is 11.8 Å². The topological polar surface area (TPSA) is 95.0 Å². The zero-order valence-electron chi connectivity index (χ0n) is 19.0. The van der Waals surface area contributed by atoms with Crippen molar-refractivity contribution in [2.75, 3.05) is 33.4 Å². The van der Waals surface area contributed by atoms with Gasteiger partial charge in [0, 0.05) is 24.7 Å². The van der Waals surface area contributed by atoms with E-state index in [1.54, 1.807) is 29.5 Å². The predicted molar refractivity (Wildman–Crippen MR) is 120 cm³/mol. The molecule has 2 aromatic rings. The van der Waals surface area contributed by atoms with Gasteiger partial charge in [0.1, 0.15) is 4.88 Å². The van der Waals surface area contributed by atoms with Crippen molar-refractivity contribution in [2.45, 2.75) is 38.3 Å². The Morgan fingerprint density at radius 3 is 2.62 bits per heavy atom. The maximum absolute atomic E-state index is 12.9. The second-order valence-electron chi connectivity index (χ2n) is 8.08. The Morgan fingerprint density at radius 2 is 2.03 bits per heavy atom. The molecule has 0 bridgehead atoms. The molecule has 3 rings (SSSR count). The Bertz CT molecular complexity index is 999. The van der Waals surface area contributed by atoms with Crippen LogP contribution in [0.25, 0.3) is 0 Å². The third-order valence-corrected chi connectivity index (χ3v) is 6.79. The molecule has 1 aromatic heterocycles. The molecule has 8 nitrogen and oxygen atoms in total. The van der Waals surface area contributed by atoms with Crippen molar-refractivity contribution in [1.82, 2.24) is 20.1 Å². The first kappa shape index (κ1) is 26.1. The molecule has 0 saturated carbocycles. The SMILES string of the molecule is Cc1ncsc1C(=O)N1CCOC[C@H]1CNC(=O)c1ccc(C(C)N(C)C(O)C(F)(F)F)cc1.